The van der Waals surface area contributed by atoms with Crippen LogP contribution in [0.25, 0.3) is 0 Å². The summed E-state index contributed by atoms with van der Waals surface area (Å²) in [5.74, 6) is -0.913. The molecule has 7 heteroatoms. The molecule has 0 aliphatic carbocycles. The van der Waals surface area contributed by atoms with E-state index in [4.69, 9.17) is 4.74 Å². The molecule has 2 N–H and O–H groups in total. The van der Waals surface area contributed by atoms with Crippen molar-refractivity contribution in [3.63, 3.8) is 0 Å². The van der Waals surface area contributed by atoms with Crippen molar-refractivity contribution in [1.29, 1.82) is 0 Å². The van der Waals surface area contributed by atoms with Gasteiger partial charge in [0.05, 0.1) is 13.2 Å². The first-order valence-electron chi connectivity index (χ1n) is 8.07. The van der Waals surface area contributed by atoms with Crippen molar-refractivity contribution in [3.05, 3.63) is 48.6 Å². The molecule has 0 aromatic heterocycles. The predicted octanol–water partition coefficient (Wildman–Crippen LogP) is 1.10. The van der Waals surface area contributed by atoms with Crippen molar-refractivity contribution >= 4 is 17.9 Å². The summed E-state index contributed by atoms with van der Waals surface area (Å²) in [7, 11) is 1.64. The third-order valence-corrected chi connectivity index (χ3v) is 3.42. The minimum Gasteiger partial charge on any atom is -0.465 e. The molecule has 25 heavy (non-hydrogen) atoms. The van der Waals surface area contributed by atoms with Crippen LogP contribution in [0.4, 0.5) is 4.79 Å². The van der Waals surface area contributed by atoms with Crippen LogP contribution in [-0.2, 0) is 20.7 Å². The van der Waals surface area contributed by atoms with Crippen LogP contribution in [0.15, 0.2) is 43.0 Å². The first-order valence-corrected chi connectivity index (χ1v) is 8.07. The van der Waals surface area contributed by atoms with E-state index < -0.39 is 23.9 Å². The molecule has 0 aliphatic rings. The third-order valence-electron chi connectivity index (χ3n) is 3.42. The second kappa shape index (κ2) is 11.0. The lowest BCUT2D eigenvalue weighted by Gasteiger charge is -2.25. The summed E-state index contributed by atoms with van der Waals surface area (Å²) in [4.78, 5) is 37.3. The number of likely N-dealkylation sites (N-methyl/N-ethyl adjacent to an activating group) is 1. The van der Waals surface area contributed by atoms with Gasteiger partial charge in [0.25, 0.3) is 0 Å². The van der Waals surface area contributed by atoms with Gasteiger partial charge >= 0.3 is 12.0 Å². The molecular formula is C18H25N3O4. The highest BCUT2D eigenvalue weighted by Crippen LogP contribution is 2.09. The highest BCUT2D eigenvalue weighted by atomic mass is 16.5. The summed E-state index contributed by atoms with van der Waals surface area (Å²) in [5, 5.41) is 4.65. The Hall–Kier alpha value is -2.67. The number of benzene rings is 1. The second-order valence-corrected chi connectivity index (χ2v) is 5.42. The Balaban J connectivity index is 2.69. The standard InChI is InChI=1S/C18H25N3O4/c1-4-11-19-18(24)20-16(22)13-21(3)15(17(23)25-5-2)12-14-9-7-6-8-10-14/h4,6-10,15H,1,5,11-13H2,2-3H3,(H2,19,20,22,24). The van der Waals surface area contributed by atoms with Crippen molar-refractivity contribution in [2.45, 2.75) is 19.4 Å². The van der Waals surface area contributed by atoms with Crippen molar-refractivity contribution in [3.8, 4) is 0 Å². The lowest BCUT2D eigenvalue weighted by Crippen LogP contribution is -2.48. The van der Waals surface area contributed by atoms with E-state index in [0.29, 0.717) is 6.42 Å². The number of esters is 1. The Morgan fingerprint density at radius 1 is 1.28 bits per heavy atom. The predicted molar refractivity (Wildman–Crippen MR) is 94.9 cm³/mol. The van der Waals surface area contributed by atoms with Gasteiger partial charge < -0.3 is 10.1 Å². The topological polar surface area (TPSA) is 87.7 Å². The number of urea groups is 1. The molecule has 1 rings (SSSR count). The molecule has 7 nitrogen and oxygen atoms in total. The molecule has 0 bridgehead atoms. The maximum Gasteiger partial charge on any atom is 0.323 e. The number of ether oxygens (including phenoxy) is 1. The summed E-state index contributed by atoms with van der Waals surface area (Å²) in [6, 6.07) is 8.24. The summed E-state index contributed by atoms with van der Waals surface area (Å²) >= 11 is 0. The maximum absolute atomic E-state index is 12.2. The van der Waals surface area contributed by atoms with E-state index in [1.54, 1.807) is 18.9 Å². The minimum absolute atomic E-state index is 0.113. The largest absolute Gasteiger partial charge is 0.465 e. The zero-order valence-electron chi connectivity index (χ0n) is 14.7. The van der Waals surface area contributed by atoms with Gasteiger partial charge in [-0.15, -0.1) is 6.58 Å². The highest BCUT2D eigenvalue weighted by Gasteiger charge is 2.26. The fourth-order valence-electron chi connectivity index (χ4n) is 2.21. The maximum atomic E-state index is 12.2. The molecule has 0 fully saturated rings. The van der Waals surface area contributed by atoms with Gasteiger partial charge in [0, 0.05) is 6.54 Å². The smallest absolute Gasteiger partial charge is 0.323 e. The normalized spacial score (nSPS) is 11.5. The molecule has 1 aromatic rings. The van der Waals surface area contributed by atoms with Crippen LogP contribution in [-0.4, -0.2) is 55.6 Å². The van der Waals surface area contributed by atoms with Crippen molar-refractivity contribution in [2.75, 3.05) is 26.7 Å². The third kappa shape index (κ3) is 7.63. The molecular weight excluding hydrogens is 322 g/mol. The van der Waals surface area contributed by atoms with Crippen LogP contribution < -0.4 is 10.6 Å². The Morgan fingerprint density at radius 3 is 2.56 bits per heavy atom. The van der Waals surface area contributed by atoms with Crippen molar-refractivity contribution in [1.82, 2.24) is 15.5 Å². The number of amides is 3. The first-order chi connectivity index (χ1) is 12.0. The van der Waals surface area contributed by atoms with Gasteiger partial charge in [-0.1, -0.05) is 36.4 Å². The quantitative estimate of drug-likeness (QED) is 0.516. The minimum atomic E-state index is -0.621. The van der Waals surface area contributed by atoms with Gasteiger partial charge in [-0.2, -0.15) is 0 Å². The Labute approximate surface area is 148 Å². The zero-order valence-corrected chi connectivity index (χ0v) is 14.7. The number of rotatable bonds is 9. The molecule has 1 unspecified atom stereocenters. The van der Waals surface area contributed by atoms with Crippen LogP contribution >= 0.6 is 0 Å². The number of nitrogens with one attached hydrogen (secondary N) is 2. The SMILES string of the molecule is C=CCNC(=O)NC(=O)CN(C)C(Cc1ccccc1)C(=O)OCC. The molecule has 1 atom stereocenters. The van der Waals surface area contributed by atoms with Crippen LogP contribution in [0.3, 0.4) is 0 Å². The first kappa shape index (κ1) is 20.4. The zero-order chi connectivity index (χ0) is 18.7. The van der Waals surface area contributed by atoms with Gasteiger partial charge in [0.15, 0.2) is 0 Å². The van der Waals surface area contributed by atoms with E-state index in [9.17, 15) is 14.4 Å². The molecule has 0 heterocycles. The molecule has 0 saturated heterocycles. The summed E-state index contributed by atoms with van der Waals surface area (Å²) < 4.78 is 5.11. The van der Waals surface area contributed by atoms with Crippen molar-refractivity contribution < 1.29 is 19.1 Å². The number of imide groups is 1. The van der Waals surface area contributed by atoms with Crippen LogP contribution in [0.5, 0.6) is 0 Å². The molecule has 1 aromatic carbocycles. The molecule has 0 spiro atoms. The fraction of sp³-hybridized carbons (Fsp3) is 0.389. The Morgan fingerprint density at radius 2 is 1.96 bits per heavy atom. The Kier molecular flexibility index (Phi) is 8.95. The Bertz CT molecular complexity index is 589. The van der Waals surface area contributed by atoms with Crippen LogP contribution in [0.1, 0.15) is 12.5 Å². The fourth-order valence-corrected chi connectivity index (χ4v) is 2.21. The van der Waals surface area contributed by atoms with Crippen LogP contribution in [0, 0.1) is 0 Å². The van der Waals surface area contributed by atoms with Gasteiger partial charge in [0.2, 0.25) is 5.91 Å². The lowest BCUT2D eigenvalue weighted by molar-refractivity contribution is -0.149. The lowest BCUT2D eigenvalue weighted by atomic mass is 10.0. The van der Waals surface area contributed by atoms with Crippen molar-refractivity contribution in [2.24, 2.45) is 0 Å². The summed E-state index contributed by atoms with van der Waals surface area (Å²) in [6.07, 6.45) is 1.92. The monoisotopic (exact) mass is 347 g/mol. The van der Waals surface area contributed by atoms with E-state index >= 15 is 0 Å². The van der Waals surface area contributed by atoms with E-state index in [2.05, 4.69) is 17.2 Å². The van der Waals surface area contributed by atoms with E-state index in [1.165, 1.54) is 6.08 Å². The average Bonchev–Trinajstić information content (AvgIpc) is 2.58. The summed E-state index contributed by atoms with van der Waals surface area (Å²) in [5.41, 5.74) is 0.955. The molecule has 0 aliphatic heterocycles. The van der Waals surface area contributed by atoms with Gasteiger partial charge in [-0.3, -0.25) is 19.8 Å². The van der Waals surface area contributed by atoms with Crippen LogP contribution in [0.2, 0.25) is 0 Å². The second-order valence-electron chi connectivity index (χ2n) is 5.42. The van der Waals surface area contributed by atoms with Gasteiger partial charge in [-0.25, -0.2) is 4.79 Å². The number of hydrogen-bond acceptors (Lipinski definition) is 5. The number of nitrogens with zero attached hydrogens (tertiary/aromatic N) is 1. The molecule has 0 radical (unpaired) electrons. The number of carbonyl (C=O) groups excluding carboxylic acids is 3. The summed E-state index contributed by atoms with van der Waals surface area (Å²) in [6.45, 7) is 5.61. The number of hydrogen-bond donors (Lipinski definition) is 2. The van der Waals surface area contributed by atoms with E-state index in [0.717, 1.165) is 5.56 Å². The van der Waals surface area contributed by atoms with Gasteiger partial charge in [-0.05, 0) is 26.0 Å². The van der Waals surface area contributed by atoms with E-state index in [-0.39, 0.29) is 19.7 Å². The number of carbonyl (C=O) groups is 3. The van der Waals surface area contributed by atoms with Gasteiger partial charge in [0.1, 0.15) is 6.04 Å². The molecule has 136 valence electrons. The molecule has 3 amide bonds. The average molecular weight is 347 g/mol. The van der Waals surface area contributed by atoms with E-state index in [1.807, 2.05) is 30.3 Å². The molecule has 0 saturated carbocycles. The highest BCUT2D eigenvalue weighted by molar-refractivity contribution is 5.95.